The van der Waals surface area contributed by atoms with Crippen LogP contribution in [0.4, 0.5) is 0 Å². The first kappa shape index (κ1) is 23.1. The van der Waals surface area contributed by atoms with E-state index in [0.717, 1.165) is 37.4 Å². The van der Waals surface area contributed by atoms with Gasteiger partial charge in [0.15, 0.2) is 6.79 Å². The van der Waals surface area contributed by atoms with E-state index in [1.54, 1.807) is 0 Å². The highest BCUT2D eigenvalue weighted by molar-refractivity contribution is 5.84. The maximum atomic E-state index is 11.9. The molecule has 0 radical (unpaired) electrons. The standard InChI is InChI=1S/C27H37NO4/c1-26(2,3)22-7-10-23(11-8-22)32-24-9-6-20-14-19(4-5-21(20)15-24)16-28-17-27(12-13-27)25(30)31-18-29/h4-6,9,14-15,22-23,28-29H,7-8,10-13,16-18H2,1-3H3/t22-,23-. The number of carbonyl (C=O) groups excluding carboxylic acids is 1. The Balaban J connectivity index is 1.30. The molecule has 0 saturated heterocycles. The van der Waals surface area contributed by atoms with Crippen LogP contribution >= 0.6 is 0 Å². The zero-order valence-electron chi connectivity index (χ0n) is 19.7. The van der Waals surface area contributed by atoms with E-state index in [1.807, 2.05) is 0 Å². The third-order valence-corrected chi connectivity index (χ3v) is 7.35. The molecule has 5 nitrogen and oxygen atoms in total. The Hall–Kier alpha value is -2.11. The normalized spacial score (nSPS) is 22.5. The maximum Gasteiger partial charge on any atom is 0.315 e. The van der Waals surface area contributed by atoms with E-state index in [1.165, 1.54) is 29.2 Å². The lowest BCUT2D eigenvalue weighted by Crippen LogP contribution is -2.31. The summed E-state index contributed by atoms with van der Waals surface area (Å²) in [6, 6.07) is 12.8. The second kappa shape index (κ2) is 9.40. The molecule has 0 unspecified atom stereocenters. The number of hydrogen-bond acceptors (Lipinski definition) is 5. The largest absolute Gasteiger partial charge is 0.490 e. The number of esters is 1. The highest BCUT2D eigenvalue weighted by Gasteiger charge is 2.50. The van der Waals surface area contributed by atoms with Crippen LogP contribution in [0, 0.1) is 16.7 Å². The number of aliphatic hydroxyl groups is 1. The van der Waals surface area contributed by atoms with E-state index < -0.39 is 12.2 Å². The lowest BCUT2D eigenvalue weighted by molar-refractivity contribution is -0.158. The molecule has 2 aromatic carbocycles. The summed E-state index contributed by atoms with van der Waals surface area (Å²) in [4.78, 5) is 11.9. The summed E-state index contributed by atoms with van der Waals surface area (Å²) in [5.41, 5.74) is 1.12. The van der Waals surface area contributed by atoms with Gasteiger partial charge in [0.2, 0.25) is 0 Å². The molecule has 0 aromatic heterocycles. The Morgan fingerprint density at radius 1 is 1.06 bits per heavy atom. The van der Waals surface area contributed by atoms with Crippen molar-refractivity contribution in [3.63, 3.8) is 0 Å². The van der Waals surface area contributed by atoms with E-state index >= 15 is 0 Å². The number of aliphatic hydroxyl groups excluding tert-OH is 1. The van der Waals surface area contributed by atoms with Crippen LogP contribution < -0.4 is 10.1 Å². The van der Waals surface area contributed by atoms with E-state index in [-0.39, 0.29) is 5.97 Å². The molecule has 0 aliphatic heterocycles. The molecule has 2 aromatic rings. The van der Waals surface area contributed by atoms with Crippen LogP contribution in [0.3, 0.4) is 0 Å². The second-order valence-electron chi connectivity index (χ2n) is 10.7. The highest BCUT2D eigenvalue weighted by atomic mass is 16.6. The molecule has 0 amide bonds. The van der Waals surface area contributed by atoms with Crippen molar-refractivity contribution in [2.75, 3.05) is 13.3 Å². The second-order valence-corrected chi connectivity index (χ2v) is 10.7. The molecule has 2 saturated carbocycles. The molecule has 5 heteroatoms. The number of rotatable bonds is 8. The molecule has 0 spiro atoms. The fraction of sp³-hybridized carbons (Fsp3) is 0.593. The Labute approximate surface area is 191 Å². The SMILES string of the molecule is CC(C)(C)[C@H]1CC[C@H](Oc2ccc3cc(CNCC4(C(=O)OCO)CC4)ccc3c2)CC1. The third kappa shape index (κ3) is 5.44. The predicted molar refractivity (Wildman–Crippen MR) is 126 cm³/mol. The maximum absolute atomic E-state index is 11.9. The van der Waals surface area contributed by atoms with Gasteiger partial charge in [0.25, 0.3) is 0 Å². The number of nitrogens with one attached hydrogen (secondary N) is 1. The summed E-state index contributed by atoms with van der Waals surface area (Å²) in [7, 11) is 0. The highest BCUT2D eigenvalue weighted by Crippen LogP contribution is 2.46. The Morgan fingerprint density at radius 3 is 2.41 bits per heavy atom. The van der Waals surface area contributed by atoms with Crippen LogP contribution in [0.5, 0.6) is 5.75 Å². The fourth-order valence-corrected chi connectivity index (χ4v) is 4.96. The zero-order chi connectivity index (χ0) is 22.8. The topological polar surface area (TPSA) is 67.8 Å². The lowest BCUT2D eigenvalue weighted by atomic mass is 9.72. The van der Waals surface area contributed by atoms with Crippen molar-refractivity contribution in [3.05, 3.63) is 42.0 Å². The molecular formula is C27H37NO4. The Bertz CT molecular complexity index is 936. The smallest absolute Gasteiger partial charge is 0.315 e. The van der Waals surface area contributed by atoms with Gasteiger partial charge in [-0.15, -0.1) is 0 Å². The minimum absolute atomic E-state index is 0.301. The molecule has 0 bridgehead atoms. The van der Waals surface area contributed by atoms with Gasteiger partial charge in [0.05, 0.1) is 11.5 Å². The number of carbonyl (C=O) groups is 1. The molecular weight excluding hydrogens is 402 g/mol. The first-order valence-corrected chi connectivity index (χ1v) is 12.0. The van der Waals surface area contributed by atoms with Gasteiger partial charge in [-0.1, -0.05) is 39.0 Å². The van der Waals surface area contributed by atoms with Crippen LogP contribution in [0.2, 0.25) is 0 Å². The van der Waals surface area contributed by atoms with Gasteiger partial charge in [0.1, 0.15) is 5.75 Å². The molecule has 0 atom stereocenters. The van der Waals surface area contributed by atoms with Gasteiger partial charge < -0.3 is 19.9 Å². The third-order valence-electron chi connectivity index (χ3n) is 7.35. The molecule has 4 rings (SSSR count). The monoisotopic (exact) mass is 439 g/mol. The van der Waals surface area contributed by atoms with Crippen molar-refractivity contribution in [2.24, 2.45) is 16.7 Å². The molecule has 32 heavy (non-hydrogen) atoms. The first-order chi connectivity index (χ1) is 15.3. The van der Waals surface area contributed by atoms with Crippen molar-refractivity contribution in [3.8, 4) is 5.75 Å². The zero-order valence-corrected chi connectivity index (χ0v) is 19.7. The first-order valence-electron chi connectivity index (χ1n) is 12.0. The molecule has 174 valence electrons. The van der Waals surface area contributed by atoms with Gasteiger partial charge in [0, 0.05) is 13.1 Å². The van der Waals surface area contributed by atoms with E-state index in [9.17, 15) is 4.79 Å². The summed E-state index contributed by atoms with van der Waals surface area (Å²) in [6.45, 7) is 7.77. The van der Waals surface area contributed by atoms with Crippen LogP contribution in [0.25, 0.3) is 10.8 Å². The molecule has 2 fully saturated rings. The summed E-state index contributed by atoms with van der Waals surface area (Å²) < 4.78 is 11.1. The van der Waals surface area contributed by atoms with Gasteiger partial charge in [-0.3, -0.25) is 4.79 Å². The number of benzene rings is 2. The van der Waals surface area contributed by atoms with Crippen molar-refractivity contribution >= 4 is 16.7 Å². The van der Waals surface area contributed by atoms with E-state index in [0.29, 0.717) is 24.6 Å². The fourth-order valence-electron chi connectivity index (χ4n) is 4.96. The summed E-state index contributed by atoms with van der Waals surface area (Å²) >= 11 is 0. The van der Waals surface area contributed by atoms with Gasteiger partial charge in [-0.2, -0.15) is 0 Å². The van der Waals surface area contributed by atoms with Crippen LogP contribution in [-0.2, 0) is 16.1 Å². The number of fused-ring (bicyclic) bond motifs is 1. The average Bonchev–Trinajstić information content (AvgIpc) is 3.55. The van der Waals surface area contributed by atoms with Crippen LogP contribution in [-0.4, -0.2) is 30.5 Å². The van der Waals surface area contributed by atoms with Crippen molar-refractivity contribution in [1.29, 1.82) is 0 Å². The van der Waals surface area contributed by atoms with Crippen molar-refractivity contribution < 1.29 is 19.4 Å². The lowest BCUT2D eigenvalue weighted by Gasteiger charge is -2.37. The van der Waals surface area contributed by atoms with Gasteiger partial charge >= 0.3 is 5.97 Å². The number of ether oxygens (including phenoxy) is 2. The summed E-state index contributed by atoms with van der Waals surface area (Å²) in [5.74, 6) is 1.45. The molecule has 0 heterocycles. The molecule has 2 aliphatic carbocycles. The minimum atomic E-state index is -0.546. The quantitative estimate of drug-likeness (QED) is 0.438. The summed E-state index contributed by atoms with van der Waals surface area (Å²) in [5, 5.41) is 14.6. The minimum Gasteiger partial charge on any atom is -0.490 e. The van der Waals surface area contributed by atoms with Crippen LogP contribution in [0.1, 0.15) is 64.9 Å². The molecule has 2 aliphatic rings. The Kier molecular flexibility index (Phi) is 6.78. The average molecular weight is 440 g/mol. The number of hydrogen-bond donors (Lipinski definition) is 2. The van der Waals surface area contributed by atoms with E-state index in [2.05, 4.69) is 62.5 Å². The molecule has 2 N–H and O–H groups in total. The summed E-state index contributed by atoms with van der Waals surface area (Å²) in [6.07, 6.45) is 6.72. The predicted octanol–water partition coefficient (Wildman–Crippen LogP) is 5.19. The van der Waals surface area contributed by atoms with Crippen LogP contribution in [0.15, 0.2) is 36.4 Å². The Morgan fingerprint density at radius 2 is 1.75 bits per heavy atom. The van der Waals surface area contributed by atoms with E-state index in [4.69, 9.17) is 14.6 Å². The van der Waals surface area contributed by atoms with Crippen molar-refractivity contribution in [2.45, 2.75) is 71.9 Å². The van der Waals surface area contributed by atoms with Gasteiger partial charge in [-0.25, -0.2) is 0 Å². The van der Waals surface area contributed by atoms with Crippen molar-refractivity contribution in [1.82, 2.24) is 5.32 Å². The van der Waals surface area contributed by atoms with Gasteiger partial charge in [-0.05, 0) is 84.4 Å².